The average molecular weight is 338 g/mol. The van der Waals surface area contributed by atoms with E-state index in [2.05, 4.69) is 0 Å². The number of methoxy groups -OCH3 is 1. The molecule has 1 heterocycles. The quantitative estimate of drug-likeness (QED) is 0.605. The van der Waals surface area contributed by atoms with E-state index in [-0.39, 0.29) is 30.2 Å². The third kappa shape index (κ3) is 4.27. The molecule has 8 heteroatoms. The van der Waals surface area contributed by atoms with Crippen molar-refractivity contribution in [2.24, 2.45) is 0 Å². The normalized spacial score (nSPS) is 17.0. The van der Waals surface area contributed by atoms with Gasteiger partial charge in [-0.2, -0.15) is 0 Å². The second-order valence-corrected chi connectivity index (χ2v) is 6.52. The van der Waals surface area contributed by atoms with Crippen molar-refractivity contribution in [1.29, 1.82) is 0 Å². The summed E-state index contributed by atoms with van der Waals surface area (Å²) >= 11 is 0. The molecule has 0 N–H and O–H groups in total. The number of likely N-dealkylation sites (tertiary alicyclic amines) is 1. The molecule has 132 valence electrons. The summed E-state index contributed by atoms with van der Waals surface area (Å²) in [5.74, 6) is 0.687. The molecule has 1 atom stereocenters. The first-order chi connectivity index (χ1) is 11.2. The van der Waals surface area contributed by atoms with E-state index >= 15 is 0 Å². The van der Waals surface area contributed by atoms with Crippen molar-refractivity contribution < 1.29 is 23.9 Å². The van der Waals surface area contributed by atoms with Gasteiger partial charge < -0.3 is 19.1 Å². The molecule has 1 unspecified atom stereocenters. The number of nitro benzene ring substituents is 1. The minimum Gasteiger partial charge on any atom is -0.493 e. The number of nitro groups is 1. The van der Waals surface area contributed by atoms with E-state index in [4.69, 9.17) is 14.2 Å². The summed E-state index contributed by atoms with van der Waals surface area (Å²) < 4.78 is 16.1. The van der Waals surface area contributed by atoms with Crippen molar-refractivity contribution in [3.63, 3.8) is 0 Å². The molecular formula is C16H22N2O6. The largest absolute Gasteiger partial charge is 0.493 e. The summed E-state index contributed by atoms with van der Waals surface area (Å²) in [5, 5.41) is 10.9. The van der Waals surface area contributed by atoms with Crippen LogP contribution in [0.1, 0.15) is 27.2 Å². The Labute approximate surface area is 140 Å². The van der Waals surface area contributed by atoms with Gasteiger partial charge in [0.25, 0.3) is 5.69 Å². The summed E-state index contributed by atoms with van der Waals surface area (Å²) in [6.45, 7) is 6.25. The second-order valence-electron chi connectivity index (χ2n) is 6.52. The average Bonchev–Trinajstić information content (AvgIpc) is 2.43. The molecule has 1 aliphatic rings. The Balaban J connectivity index is 1.99. The lowest BCUT2D eigenvalue weighted by atomic mass is 10.1. The molecular weight excluding hydrogens is 316 g/mol. The molecule has 0 radical (unpaired) electrons. The van der Waals surface area contributed by atoms with Gasteiger partial charge in [0, 0.05) is 12.6 Å². The predicted molar refractivity (Wildman–Crippen MR) is 86.5 cm³/mol. The van der Waals surface area contributed by atoms with E-state index in [1.165, 1.54) is 25.3 Å². The highest BCUT2D eigenvalue weighted by Gasteiger charge is 2.35. The van der Waals surface area contributed by atoms with Crippen molar-refractivity contribution in [1.82, 2.24) is 4.90 Å². The van der Waals surface area contributed by atoms with Gasteiger partial charge in [-0.15, -0.1) is 0 Å². The molecule has 24 heavy (non-hydrogen) atoms. The maximum absolute atomic E-state index is 12.1. The summed E-state index contributed by atoms with van der Waals surface area (Å²) in [4.78, 5) is 24.0. The smallest absolute Gasteiger partial charge is 0.410 e. The number of hydrogen-bond acceptors (Lipinski definition) is 6. The van der Waals surface area contributed by atoms with Gasteiger partial charge in [-0.1, -0.05) is 0 Å². The van der Waals surface area contributed by atoms with Gasteiger partial charge in [-0.05, 0) is 33.3 Å². The monoisotopic (exact) mass is 338 g/mol. The molecule has 0 saturated carbocycles. The van der Waals surface area contributed by atoms with E-state index in [0.717, 1.165) is 6.42 Å². The number of hydrogen-bond donors (Lipinski definition) is 0. The fourth-order valence-corrected chi connectivity index (χ4v) is 2.25. The van der Waals surface area contributed by atoms with E-state index in [1.54, 1.807) is 4.90 Å². The molecule has 0 aliphatic carbocycles. The topological polar surface area (TPSA) is 91.1 Å². The van der Waals surface area contributed by atoms with Gasteiger partial charge in [0.15, 0.2) is 11.5 Å². The number of amides is 1. The number of benzene rings is 1. The lowest BCUT2D eigenvalue weighted by Gasteiger charge is -2.41. The van der Waals surface area contributed by atoms with Gasteiger partial charge in [-0.3, -0.25) is 10.1 Å². The van der Waals surface area contributed by atoms with Crippen LogP contribution in [-0.4, -0.2) is 47.8 Å². The van der Waals surface area contributed by atoms with Crippen LogP contribution in [0.2, 0.25) is 0 Å². The molecule has 8 nitrogen and oxygen atoms in total. The Hall–Kier alpha value is -2.51. The fourth-order valence-electron chi connectivity index (χ4n) is 2.25. The minimum atomic E-state index is -0.554. The molecule has 1 aliphatic heterocycles. The Kier molecular flexibility index (Phi) is 5.16. The highest BCUT2D eigenvalue weighted by atomic mass is 16.6. The maximum Gasteiger partial charge on any atom is 0.410 e. The predicted octanol–water partition coefficient (Wildman–Crippen LogP) is 2.99. The molecule has 1 aromatic carbocycles. The van der Waals surface area contributed by atoms with Gasteiger partial charge in [0.2, 0.25) is 0 Å². The van der Waals surface area contributed by atoms with E-state index in [9.17, 15) is 14.9 Å². The van der Waals surface area contributed by atoms with Crippen LogP contribution in [0, 0.1) is 10.1 Å². The Bertz CT molecular complexity index is 625. The fraction of sp³-hybridized carbons (Fsp3) is 0.562. The Morgan fingerprint density at radius 3 is 2.58 bits per heavy atom. The van der Waals surface area contributed by atoms with Crippen molar-refractivity contribution in [3.05, 3.63) is 28.3 Å². The summed E-state index contributed by atoms with van der Waals surface area (Å²) in [5.41, 5.74) is -0.634. The first-order valence-electron chi connectivity index (χ1n) is 7.66. The summed E-state index contributed by atoms with van der Waals surface area (Å²) in [6, 6.07) is 4.03. The standard InChI is InChI=1S/C16H22N2O6/c1-16(2,3)24-15(19)17-8-7-12(17)10-23-14-9-11(18(20)21)5-6-13(14)22-4/h5-6,9,12H,7-8,10H2,1-4H3. The molecule has 0 aromatic heterocycles. The van der Waals surface area contributed by atoms with E-state index < -0.39 is 10.5 Å². The highest BCUT2D eigenvalue weighted by molar-refractivity contribution is 5.69. The summed E-state index contributed by atoms with van der Waals surface area (Å²) in [6.07, 6.45) is 0.407. The Morgan fingerprint density at radius 2 is 2.08 bits per heavy atom. The van der Waals surface area contributed by atoms with Crippen LogP contribution in [0.15, 0.2) is 18.2 Å². The van der Waals surface area contributed by atoms with Crippen LogP contribution in [0.4, 0.5) is 10.5 Å². The molecule has 1 amide bonds. The van der Waals surface area contributed by atoms with Crippen LogP contribution >= 0.6 is 0 Å². The molecule has 0 spiro atoms. The van der Waals surface area contributed by atoms with Crippen molar-refractivity contribution in [2.75, 3.05) is 20.3 Å². The van der Waals surface area contributed by atoms with Gasteiger partial charge in [0.05, 0.1) is 24.1 Å². The van der Waals surface area contributed by atoms with Crippen molar-refractivity contribution >= 4 is 11.8 Å². The third-order valence-corrected chi connectivity index (χ3v) is 3.56. The molecule has 1 fully saturated rings. The van der Waals surface area contributed by atoms with Crippen LogP contribution in [0.3, 0.4) is 0 Å². The number of rotatable bonds is 5. The Morgan fingerprint density at radius 1 is 1.38 bits per heavy atom. The minimum absolute atomic E-state index is 0.0802. The maximum atomic E-state index is 12.1. The number of carbonyl (C=O) groups is 1. The van der Waals surface area contributed by atoms with Crippen molar-refractivity contribution in [3.8, 4) is 11.5 Å². The zero-order chi connectivity index (χ0) is 17.9. The SMILES string of the molecule is COc1ccc([N+](=O)[O-])cc1OCC1CCN1C(=O)OC(C)(C)C. The van der Waals surface area contributed by atoms with Gasteiger partial charge >= 0.3 is 6.09 Å². The van der Waals surface area contributed by atoms with Crippen molar-refractivity contribution in [2.45, 2.75) is 38.8 Å². The van der Waals surface area contributed by atoms with Crippen LogP contribution in [0.5, 0.6) is 11.5 Å². The number of nitrogens with zero attached hydrogens (tertiary/aromatic N) is 2. The van der Waals surface area contributed by atoms with Crippen LogP contribution in [0.25, 0.3) is 0 Å². The lowest BCUT2D eigenvalue weighted by Crippen LogP contribution is -2.55. The molecule has 0 bridgehead atoms. The van der Waals surface area contributed by atoms with Crippen LogP contribution < -0.4 is 9.47 Å². The third-order valence-electron chi connectivity index (χ3n) is 3.56. The van der Waals surface area contributed by atoms with E-state index in [0.29, 0.717) is 12.3 Å². The number of non-ortho nitro benzene ring substituents is 1. The summed E-state index contributed by atoms with van der Waals surface area (Å²) in [7, 11) is 1.46. The van der Waals surface area contributed by atoms with E-state index in [1.807, 2.05) is 20.8 Å². The zero-order valence-electron chi connectivity index (χ0n) is 14.3. The van der Waals surface area contributed by atoms with Crippen LogP contribution in [-0.2, 0) is 4.74 Å². The molecule has 2 rings (SSSR count). The molecule has 1 saturated heterocycles. The second kappa shape index (κ2) is 6.94. The zero-order valence-corrected chi connectivity index (χ0v) is 14.3. The highest BCUT2D eigenvalue weighted by Crippen LogP contribution is 2.32. The van der Waals surface area contributed by atoms with Gasteiger partial charge in [0.1, 0.15) is 12.2 Å². The van der Waals surface area contributed by atoms with Gasteiger partial charge in [-0.25, -0.2) is 4.79 Å². The number of carbonyl (C=O) groups excluding carboxylic acids is 1. The first-order valence-corrected chi connectivity index (χ1v) is 7.66. The lowest BCUT2D eigenvalue weighted by molar-refractivity contribution is -0.385. The first kappa shape index (κ1) is 17.8. The molecule has 1 aromatic rings. The number of ether oxygens (including phenoxy) is 3.